The maximum atomic E-state index is 14.4. The Balaban J connectivity index is 1.34. The van der Waals surface area contributed by atoms with Gasteiger partial charge in [-0.05, 0) is 49.9 Å². The molecule has 11 heteroatoms. The van der Waals surface area contributed by atoms with Crippen LogP contribution < -0.4 is 4.90 Å². The average Bonchev–Trinajstić information content (AvgIpc) is 3.67. The molecular formula is C26H31F4N5O2. The Morgan fingerprint density at radius 2 is 1.89 bits per heavy atom. The number of amides is 1. The van der Waals surface area contributed by atoms with E-state index in [1.54, 1.807) is 4.90 Å². The van der Waals surface area contributed by atoms with Crippen LogP contribution in [0.1, 0.15) is 66.5 Å². The third kappa shape index (κ3) is 5.16. The molecule has 2 aliphatic carbocycles. The summed E-state index contributed by atoms with van der Waals surface area (Å²) in [5.41, 5.74) is 0.521. The zero-order chi connectivity index (χ0) is 26.5. The molecule has 0 bridgehead atoms. The van der Waals surface area contributed by atoms with Gasteiger partial charge in [0.05, 0.1) is 23.3 Å². The van der Waals surface area contributed by atoms with Crippen molar-refractivity contribution in [2.45, 2.75) is 56.3 Å². The Hall–Kier alpha value is -2.79. The summed E-state index contributed by atoms with van der Waals surface area (Å²) in [7, 11) is 1.89. The van der Waals surface area contributed by atoms with Crippen molar-refractivity contribution in [1.29, 1.82) is 0 Å². The van der Waals surface area contributed by atoms with Crippen LogP contribution in [0.5, 0.6) is 0 Å². The highest BCUT2D eigenvalue weighted by atomic mass is 19.4. The molecule has 1 amide bonds. The molecule has 0 radical (unpaired) electrons. The molecule has 1 N–H and O–H groups in total. The van der Waals surface area contributed by atoms with Crippen LogP contribution >= 0.6 is 0 Å². The van der Waals surface area contributed by atoms with E-state index in [0.29, 0.717) is 50.9 Å². The molecule has 0 spiro atoms. The Bertz CT molecular complexity index is 1160. The smallest absolute Gasteiger partial charge is 0.387 e. The Morgan fingerprint density at radius 3 is 2.51 bits per heavy atom. The van der Waals surface area contributed by atoms with E-state index in [0.717, 1.165) is 36.4 Å². The van der Waals surface area contributed by atoms with Crippen molar-refractivity contribution >= 4 is 11.7 Å². The molecule has 2 aromatic rings. The summed E-state index contributed by atoms with van der Waals surface area (Å²) in [6, 6.07) is 3.15. The Kier molecular flexibility index (Phi) is 6.86. The number of piperazine rings is 1. The standard InChI is InChI=1S/C26H31F4N5O2/c1-15-11-21(36)23-22(15)24(32-14-31-23)34-7-9-35(10-8-34)25(37)18(13-33(2)17-4-5-17)16-3-6-19(20(27)12-16)26(28,29)30/h3,6,12,14-15,17-18,21,36H,4-5,7-11,13H2,1-2H3/t15-,18-,21+/m1/s1. The number of fused-ring (bicyclic) bond motifs is 1. The number of hydrogen-bond acceptors (Lipinski definition) is 6. The van der Waals surface area contributed by atoms with Gasteiger partial charge in [-0.3, -0.25) is 4.79 Å². The van der Waals surface area contributed by atoms with Gasteiger partial charge in [0, 0.05) is 44.3 Å². The number of hydrogen-bond donors (Lipinski definition) is 1. The number of benzene rings is 1. The first kappa shape index (κ1) is 25.8. The van der Waals surface area contributed by atoms with Crippen molar-refractivity contribution in [1.82, 2.24) is 19.8 Å². The molecule has 5 rings (SSSR count). The molecular weight excluding hydrogens is 490 g/mol. The fraction of sp³-hybridized carbons (Fsp3) is 0.577. The highest BCUT2D eigenvalue weighted by Crippen LogP contribution is 2.43. The number of halogens is 4. The van der Waals surface area contributed by atoms with Crippen LogP contribution in [0.2, 0.25) is 0 Å². The van der Waals surface area contributed by atoms with Crippen LogP contribution in [0.25, 0.3) is 0 Å². The number of alkyl halides is 3. The summed E-state index contributed by atoms with van der Waals surface area (Å²) < 4.78 is 53.8. The number of aliphatic hydroxyl groups is 1. The highest BCUT2D eigenvalue weighted by Gasteiger charge is 2.38. The fourth-order valence-electron chi connectivity index (χ4n) is 5.57. The van der Waals surface area contributed by atoms with Crippen LogP contribution in [0.3, 0.4) is 0 Å². The predicted molar refractivity (Wildman–Crippen MR) is 129 cm³/mol. The monoisotopic (exact) mass is 521 g/mol. The van der Waals surface area contributed by atoms with E-state index in [4.69, 9.17) is 0 Å². The van der Waals surface area contributed by atoms with Gasteiger partial charge in [0.25, 0.3) is 0 Å². The van der Waals surface area contributed by atoms with Crippen LogP contribution in [0.15, 0.2) is 24.5 Å². The maximum Gasteiger partial charge on any atom is 0.419 e. The van der Waals surface area contributed by atoms with Crippen molar-refractivity contribution < 1.29 is 27.5 Å². The number of nitrogens with zero attached hydrogens (tertiary/aromatic N) is 5. The number of rotatable bonds is 6. The van der Waals surface area contributed by atoms with Gasteiger partial charge in [-0.1, -0.05) is 13.0 Å². The van der Waals surface area contributed by atoms with Crippen LogP contribution in [0.4, 0.5) is 23.4 Å². The van der Waals surface area contributed by atoms with Crippen LogP contribution in [0, 0.1) is 5.82 Å². The molecule has 0 unspecified atom stereocenters. The van der Waals surface area contributed by atoms with Gasteiger partial charge < -0.3 is 19.8 Å². The van der Waals surface area contributed by atoms with Crippen molar-refractivity contribution in [2.24, 2.45) is 0 Å². The van der Waals surface area contributed by atoms with Gasteiger partial charge in [-0.2, -0.15) is 13.2 Å². The van der Waals surface area contributed by atoms with Crippen molar-refractivity contribution in [3.63, 3.8) is 0 Å². The molecule has 200 valence electrons. The number of aliphatic hydroxyl groups excluding tert-OH is 1. The zero-order valence-electron chi connectivity index (χ0n) is 20.9. The molecule has 1 aliphatic heterocycles. The lowest BCUT2D eigenvalue weighted by atomic mass is 9.94. The minimum absolute atomic E-state index is 0.123. The third-order valence-electron chi connectivity index (χ3n) is 7.81. The Morgan fingerprint density at radius 1 is 1.19 bits per heavy atom. The highest BCUT2D eigenvalue weighted by molar-refractivity contribution is 5.84. The fourth-order valence-corrected chi connectivity index (χ4v) is 5.57. The first-order valence-corrected chi connectivity index (χ1v) is 12.7. The summed E-state index contributed by atoms with van der Waals surface area (Å²) in [4.78, 5) is 28.2. The van der Waals surface area contributed by atoms with Gasteiger partial charge in [-0.25, -0.2) is 14.4 Å². The first-order chi connectivity index (χ1) is 17.5. The Labute approximate surface area is 213 Å². The second kappa shape index (κ2) is 9.83. The van der Waals surface area contributed by atoms with E-state index >= 15 is 0 Å². The van der Waals surface area contributed by atoms with E-state index in [1.165, 1.54) is 12.4 Å². The van der Waals surface area contributed by atoms with E-state index in [2.05, 4.69) is 14.9 Å². The summed E-state index contributed by atoms with van der Waals surface area (Å²) in [5.74, 6) is -1.46. The topological polar surface area (TPSA) is 72.8 Å². The molecule has 1 saturated carbocycles. The first-order valence-electron chi connectivity index (χ1n) is 12.7. The van der Waals surface area contributed by atoms with E-state index in [1.807, 2.05) is 18.9 Å². The summed E-state index contributed by atoms with van der Waals surface area (Å²) in [6.07, 6.45) is -1.34. The molecule has 1 aromatic carbocycles. The molecule has 3 atom stereocenters. The third-order valence-corrected chi connectivity index (χ3v) is 7.81. The van der Waals surface area contributed by atoms with Crippen molar-refractivity contribution in [3.05, 3.63) is 52.7 Å². The summed E-state index contributed by atoms with van der Waals surface area (Å²) >= 11 is 0. The molecule has 7 nitrogen and oxygen atoms in total. The minimum Gasteiger partial charge on any atom is -0.387 e. The largest absolute Gasteiger partial charge is 0.419 e. The van der Waals surface area contributed by atoms with Gasteiger partial charge in [0.1, 0.15) is 18.0 Å². The minimum atomic E-state index is -4.79. The normalized spacial score (nSPS) is 22.9. The maximum absolute atomic E-state index is 14.4. The summed E-state index contributed by atoms with van der Waals surface area (Å²) in [6.45, 7) is 4.19. The average molecular weight is 522 g/mol. The van der Waals surface area contributed by atoms with Crippen LogP contribution in [-0.2, 0) is 11.0 Å². The number of anilines is 1. The molecule has 1 aromatic heterocycles. The number of carbonyl (C=O) groups is 1. The second-order valence-corrected chi connectivity index (χ2v) is 10.4. The van der Waals surface area contributed by atoms with E-state index in [9.17, 15) is 27.5 Å². The molecule has 2 heterocycles. The predicted octanol–water partition coefficient (Wildman–Crippen LogP) is 3.70. The lowest BCUT2D eigenvalue weighted by Crippen LogP contribution is -2.51. The van der Waals surface area contributed by atoms with Gasteiger partial charge >= 0.3 is 6.18 Å². The quantitative estimate of drug-likeness (QED) is 0.585. The number of carbonyl (C=O) groups excluding carboxylic acids is 1. The van der Waals surface area contributed by atoms with Gasteiger partial charge in [-0.15, -0.1) is 0 Å². The second-order valence-electron chi connectivity index (χ2n) is 10.4. The molecule has 37 heavy (non-hydrogen) atoms. The molecule has 3 aliphatic rings. The SMILES string of the molecule is C[C@@H]1C[C@H](O)c2ncnc(N3CCN(C(=O)[C@H](CN(C)C4CC4)c4ccc(C(F)(F)F)c(F)c4)CC3)c21. The van der Waals surface area contributed by atoms with E-state index < -0.39 is 29.6 Å². The number of aromatic nitrogens is 2. The van der Waals surface area contributed by atoms with Crippen molar-refractivity contribution in [2.75, 3.05) is 44.7 Å². The number of likely N-dealkylation sites (N-methyl/N-ethyl adjacent to an activating group) is 1. The van der Waals surface area contributed by atoms with Gasteiger partial charge in [0.2, 0.25) is 5.91 Å². The van der Waals surface area contributed by atoms with Crippen LogP contribution in [-0.4, -0.2) is 76.6 Å². The van der Waals surface area contributed by atoms with Crippen molar-refractivity contribution in [3.8, 4) is 0 Å². The van der Waals surface area contributed by atoms with Gasteiger partial charge in [0.15, 0.2) is 0 Å². The van der Waals surface area contributed by atoms with E-state index in [-0.39, 0.29) is 17.4 Å². The lowest BCUT2D eigenvalue weighted by molar-refractivity contribution is -0.140. The molecule has 1 saturated heterocycles. The summed E-state index contributed by atoms with van der Waals surface area (Å²) in [5, 5.41) is 10.3. The zero-order valence-corrected chi connectivity index (χ0v) is 20.9. The molecule has 2 fully saturated rings. The lowest BCUT2D eigenvalue weighted by Gasteiger charge is -2.38.